The Kier molecular flexibility index (Phi) is 5.99. The molecule has 2 heterocycles. The van der Waals surface area contributed by atoms with Crippen LogP contribution in [0.3, 0.4) is 0 Å². The zero-order valence-electron chi connectivity index (χ0n) is 19.4. The third-order valence-electron chi connectivity index (χ3n) is 6.25. The largest absolute Gasteiger partial charge is 0.351 e. The molecule has 0 saturated carbocycles. The maximum atomic E-state index is 5.85. The summed E-state index contributed by atoms with van der Waals surface area (Å²) < 4.78 is 5.85. The molecule has 0 spiro atoms. The van der Waals surface area contributed by atoms with Crippen LogP contribution in [0, 0.1) is 13.8 Å². The molecule has 0 amide bonds. The summed E-state index contributed by atoms with van der Waals surface area (Å²) in [6.07, 6.45) is 0. The molecule has 1 unspecified atom stereocenters. The Bertz CT molecular complexity index is 1380. The smallest absolute Gasteiger partial charge is 0.258 e. The van der Waals surface area contributed by atoms with Gasteiger partial charge in [-0.2, -0.15) is 4.98 Å². The van der Waals surface area contributed by atoms with Gasteiger partial charge in [0.15, 0.2) is 5.11 Å². The highest BCUT2D eigenvalue weighted by Gasteiger charge is 2.34. The molecule has 1 aliphatic rings. The van der Waals surface area contributed by atoms with Crippen molar-refractivity contribution in [1.29, 1.82) is 0 Å². The Morgan fingerprint density at radius 2 is 1.71 bits per heavy atom. The van der Waals surface area contributed by atoms with Crippen LogP contribution in [0.15, 0.2) is 89.1 Å². The van der Waals surface area contributed by atoms with Crippen molar-refractivity contribution in [3.05, 3.63) is 113 Å². The molecule has 1 aliphatic heterocycles. The van der Waals surface area contributed by atoms with Crippen molar-refractivity contribution in [1.82, 2.24) is 20.4 Å². The van der Waals surface area contributed by atoms with Crippen molar-refractivity contribution >= 4 is 22.9 Å². The summed E-state index contributed by atoms with van der Waals surface area (Å²) in [4.78, 5) is 6.92. The second-order valence-corrected chi connectivity index (χ2v) is 8.98. The summed E-state index contributed by atoms with van der Waals surface area (Å²) in [6, 6.07) is 26.5. The number of aromatic nitrogens is 2. The van der Waals surface area contributed by atoms with E-state index in [1.54, 1.807) is 0 Å². The number of hydrogen-bond donors (Lipinski definition) is 1. The topological polar surface area (TPSA) is 54.2 Å². The predicted molar refractivity (Wildman–Crippen MR) is 139 cm³/mol. The van der Waals surface area contributed by atoms with Gasteiger partial charge in [0.05, 0.1) is 18.2 Å². The highest BCUT2D eigenvalue weighted by atomic mass is 32.1. The number of nitrogens with one attached hydrogen (secondary N) is 1. The molecule has 1 N–H and O–H groups in total. The molecular formula is C28H26N4OS. The zero-order valence-corrected chi connectivity index (χ0v) is 20.3. The zero-order chi connectivity index (χ0) is 23.7. The number of rotatable bonds is 5. The van der Waals surface area contributed by atoms with Gasteiger partial charge in [0.1, 0.15) is 0 Å². The Morgan fingerprint density at radius 3 is 2.47 bits per heavy atom. The second kappa shape index (κ2) is 9.23. The van der Waals surface area contributed by atoms with Crippen molar-refractivity contribution in [3.63, 3.8) is 0 Å². The lowest BCUT2D eigenvalue weighted by molar-refractivity contribution is 0.396. The number of hydrogen-bond acceptors (Lipinski definition) is 4. The Morgan fingerprint density at radius 1 is 0.941 bits per heavy atom. The first-order chi connectivity index (χ1) is 16.5. The van der Waals surface area contributed by atoms with Crippen LogP contribution in [0.5, 0.6) is 0 Å². The predicted octanol–water partition coefficient (Wildman–Crippen LogP) is 6.22. The van der Waals surface area contributed by atoms with Gasteiger partial charge < -0.3 is 14.7 Å². The average molecular weight is 467 g/mol. The van der Waals surface area contributed by atoms with Crippen molar-refractivity contribution in [2.24, 2.45) is 0 Å². The van der Waals surface area contributed by atoms with Gasteiger partial charge in [0.25, 0.3) is 5.89 Å². The monoisotopic (exact) mass is 466 g/mol. The van der Waals surface area contributed by atoms with Crippen LogP contribution in [0.1, 0.15) is 41.1 Å². The molecule has 34 heavy (non-hydrogen) atoms. The van der Waals surface area contributed by atoms with Crippen LogP contribution in [0.2, 0.25) is 0 Å². The maximum absolute atomic E-state index is 5.85. The van der Waals surface area contributed by atoms with Crippen LogP contribution in [0.4, 0.5) is 0 Å². The lowest BCUT2D eigenvalue weighted by Gasteiger charge is -2.37. The van der Waals surface area contributed by atoms with E-state index in [9.17, 15) is 0 Å². The van der Waals surface area contributed by atoms with Crippen LogP contribution < -0.4 is 5.32 Å². The molecule has 4 aromatic rings. The Balaban J connectivity index is 1.61. The first-order valence-electron chi connectivity index (χ1n) is 11.3. The SMILES string of the molecule is CC1=C(c2nc(-c3cccc(C)c3)no2)C(c2ccccc2)NC(=S)N1Cc1ccccc1C. The van der Waals surface area contributed by atoms with Crippen LogP contribution in [-0.4, -0.2) is 20.2 Å². The van der Waals surface area contributed by atoms with Crippen molar-refractivity contribution in [2.75, 3.05) is 0 Å². The van der Waals surface area contributed by atoms with E-state index in [0.717, 1.165) is 28.0 Å². The fourth-order valence-electron chi connectivity index (χ4n) is 4.34. The molecular weight excluding hydrogens is 440 g/mol. The van der Waals surface area contributed by atoms with Gasteiger partial charge in [-0.15, -0.1) is 0 Å². The molecule has 0 saturated heterocycles. The first kappa shape index (κ1) is 22.0. The molecule has 170 valence electrons. The third kappa shape index (κ3) is 4.24. The van der Waals surface area contributed by atoms with Gasteiger partial charge in [0.2, 0.25) is 5.82 Å². The lowest BCUT2D eigenvalue weighted by atomic mass is 9.94. The van der Waals surface area contributed by atoms with Crippen LogP contribution in [-0.2, 0) is 6.54 Å². The summed E-state index contributed by atoms with van der Waals surface area (Å²) >= 11 is 5.84. The highest BCUT2D eigenvalue weighted by Crippen LogP contribution is 2.38. The first-order valence-corrected chi connectivity index (χ1v) is 11.7. The van der Waals surface area contributed by atoms with Gasteiger partial charge >= 0.3 is 0 Å². The lowest BCUT2D eigenvalue weighted by Crippen LogP contribution is -2.45. The van der Waals surface area contributed by atoms with Crippen LogP contribution >= 0.6 is 12.2 Å². The highest BCUT2D eigenvalue weighted by molar-refractivity contribution is 7.80. The standard InChI is InChI=1S/C28H26N4OS/c1-18-10-9-15-22(16-18)26-30-27(33-31-26)24-20(3)32(17-23-14-8-7-11-19(23)2)28(34)29-25(24)21-12-5-4-6-13-21/h4-16,25H,17H2,1-3H3,(H,29,34). The molecule has 3 aromatic carbocycles. The number of benzene rings is 3. The molecule has 0 aliphatic carbocycles. The van der Waals surface area contributed by atoms with E-state index < -0.39 is 0 Å². The van der Waals surface area contributed by atoms with Gasteiger partial charge in [0, 0.05) is 11.3 Å². The number of allylic oxidation sites excluding steroid dienone is 1. The fourth-order valence-corrected chi connectivity index (χ4v) is 4.66. The van der Waals surface area contributed by atoms with Gasteiger partial charge in [-0.05, 0) is 55.7 Å². The summed E-state index contributed by atoms with van der Waals surface area (Å²) in [5, 5.41) is 8.52. The minimum Gasteiger partial charge on any atom is -0.351 e. The van der Waals surface area contributed by atoms with Gasteiger partial charge in [-0.25, -0.2) is 0 Å². The van der Waals surface area contributed by atoms with Crippen molar-refractivity contribution in [2.45, 2.75) is 33.4 Å². The number of nitrogens with zero attached hydrogens (tertiary/aromatic N) is 3. The molecule has 1 aromatic heterocycles. The average Bonchev–Trinajstić information content (AvgIpc) is 3.33. The molecule has 1 atom stereocenters. The molecule has 0 fully saturated rings. The van der Waals surface area contributed by atoms with E-state index in [4.69, 9.17) is 21.7 Å². The van der Waals surface area contributed by atoms with Crippen LogP contribution in [0.25, 0.3) is 17.0 Å². The van der Waals surface area contributed by atoms with Gasteiger partial charge in [-0.3, -0.25) is 0 Å². The summed E-state index contributed by atoms with van der Waals surface area (Å²) in [5.41, 5.74) is 7.54. The quantitative estimate of drug-likeness (QED) is 0.353. The Labute approximate surface area is 205 Å². The van der Waals surface area contributed by atoms with E-state index in [1.165, 1.54) is 11.1 Å². The molecule has 5 rings (SSSR count). The van der Waals surface area contributed by atoms with Crippen molar-refractivity contribution in [3.8, 4) is 11.4 Å². The minimum atomic E-state index is -0.187. The molecule has 0 bridgehead atoms. The summed E-state index contributed by atoms with van der Waals surface area (Å²) in [5.74, 6) is 1.07. The van der Waals surface area contributed by atoms with E-state index in [1.807, 2.05) is 30.3 Å². The molecule has 5 nitrogen and oxygen atoms in total. The molecule has 0 radical (unpaired) electrons. The normalized spacial score (nSPS) is 16.0. The minimum absolute atomic E-state index is 0.187. The van der Waals surface area contributed by atoms with E-state index >= 15 is 0 Å². The van der Waals surface area contributed by atoms with E-state index in [-0.39, 0.29) is 6.04 Å². The maximum Gasteiger partial charge on any atom is 0.258 e. The fraction of sp³-hybridized carbons (Fsp3) is 0.179. The van der Waals surface area contributed by atoms with Crippen molar-refractivity contribution < 1.29 is 4.52 Å². The number of aryl methyl sites for hydroxylation is 2. The van der Waals surface area contributed by atoms with E-state index in [0.29, 0.717) is 23.4 Å². The summed E-state index contributed by atoms with van der Waals surface area (Å²) in [6.45, 7) is 6.91. The second-order valence-electron chi connectivity index (χ2n) is 8.60. The summed E-state index contributed by atoms with van der Waals surface area (Å²) in [7, 11) is 0. The number of thiocarbonyl (C=S) groups is 1. The molecule has 6 heteroatoms. The Hall–Kier alpha value is -3.77. The van der Waals surface area contributed by atoms with Gasteiger partial charge in [-0.1, -0.05) is 83.5 Å². The third-order valence-corrected chi connectivity index (χ3v) is 6.59. The van der Waals surface area contributed by atoms with E-state index in [2.05, 4.69) is 84.7 Å².